The number of ether oxygens (including phenoxy) is 1. The van der Waals surface area contributed by atoms with Gasteiger partial charge in [-0.05, 0) is 31.2 Å². The number of aromatic nitrogens is 1. The largest absolute Gasteiger partial charge is 0.465 e. The standard InChI is InChI=1S/C16H18N2O3/c1-9-3-2-4-11-12(7-18-14(9)11)13(15(17)19)16(20)21-8-10-5-6-10/h2-4,7,10,13,18H,5-6,8H2,1H3,(H2,17,19). The average molecular weight is 286 g/mol. The maximum atomic E-state index is 12.2. The second-order valence-corrected chi connectivity index (χ2v) is 5.65. The third-order valence-electron chi connectivity index (χ3n) is 3.95. The molecular formula is C16H18N2O3. The fourth-order valence-electron chi connectivity index (χ4n) is 2.53. The van der Waals surface area contributed by atoms with Gasteiger partial charge in [-0.15, -0.1) is 0 Å². The van der Waals surface area contributed by atoms with Crippen LogP contribution in [0.1, 0.15) is 29.9 Å². The topological polar surface area (TPSA) is 85.2 Å². The monoisotopic (exact) mass is 286 g/mol. The molecule has 0 radical (unpaired) electrons. The highest BCUT2D eigenvalue weighted by atomic mass is 16.5. The first-order chi connectivity index (χ1) is 10.1. The Morgan fingerprint density at radius 2 is 2.19 bits per heavy atom. The number of fused-ring (bicyclic) bond motifs is 1. The number of primary amides is 1. The summed E-state index contributed by atoms with van der Waals surface area (Å²) >= 11 is 0. The summed E-state index contributed by atoms with van der Waals surface area (Å²) in [5, 5.41) is 0.835. The van der Waals surface area contributed by atoms with Gasteiger partial charge in [-0.25, -0.2) is 0 Å². The van der Waals surface area contributed by atoms with Gasteiger partial charge < -0.3 is 15.5 Å². The smallest absolute Gasteiger partial charge is 0.323 e. The summed E-state index contributed by atoms with van der Waals surface area (Å²) in [6.45, 7) is 2.34. The van der Waals surface area contributed by atoms with Crippen LogP contribution in [0.2, 0.25) is 0 Å². The van der Waals surface area contributed by atoms with E-state index < -0.39 is 17.8 Å². The summed E-state index contributed by atoms with van der Waals surface area (Å²) in [6, 6.07) is 5.73. The van der Waals surface area contributed by atoms with Crippen molar-refractivity contribution in [2.75, 3.05) is 6.61 Å². The van der Waals surface area contributed by atoms with Crippen LogP contribution in [0.3, 0.4) is 0 Å². The maximum absolute atomic E-state index is 12.2. The number of hydrogen-bond donors (Lipinski definition) is 2. The van der Waals surface area contributed by atoms with Crippen molar-refractivity contribution in [2.45, 2.75) is 25.7 Å². The Kier molecular flexibility index (Phi) is 3.41. The van der Waals surface area contributed by atoms with Crippen LogP contribution in [0.25, 0.3) is 10.9 Å². The van der Waals surface area contributed by atoms with Gasteiger partial charge in [-0.3, -0.25) is 9.59 Å². The second-order valence-electron chi connectivity index (χ2n) is 5.65. The summed E-state index contributed by atoms with van der Waals surface area (Å²) in [6.07, 6.45) is 3.84. The number of nitrogens with one attached hydrogen (secondary N) is 1. The zero-order chi connectivity index (χ0) is 15.0. The summed E-state index contributed by atoms with van der Waals surface area (Å²) in [5.41, 5.74) is 7.97. The van der Waals surface area contributed by atoms with Gasteiger partial charge in [0.2, 0.25) is 5.91 Å². The molecule has 2 aromatic rings. The van der Waals surface area contributed by atoms with Crippen LogP contribution in [0.5, 0.6) is 0 Å². The van der Waals surface area contributed by atoms with E-state index in [1.54, 1.807) is 6.20 Å². The zero-order valence-corrected chi connectivity index (χ0v) is 11.9. The van der Waals surface area contributed by atoms with Crippen LogP contribution in [-0.2, 0) is 14.3 Å². The predicted molar refractivity (Wildman–Crippen MR) is 78.7 cm³/mol. The molecule has 21 heavy (non-hydrogen) atoms. The molecule has 1 heterocycles. The lowest BCUT2D eigenvalue weighted by molar-refractivity contribution is -0.148. The van der Waals surface area contributed by atoms with Crippen molar-refractivity contribution in [3.05, 3.63) is 35.5 Å². The van der Waals surface area contributed by atoms with E-state index in [1.807, 2.05) is 25.1 Å². The molecule has 5 heteroatoms. The van der Waals surface area contributed by atoms with E-state index in [0.29, 0.717) is 18.1 Å². The number of H-pyrrole nitrogens is 1. The number of hydrogen-bond acceptors (Lipinski definition) is 3. The lowest BCUT2D eigenvalue weighted by Crippen LogP contribution is -2.30. The number of aromatic amines is 1. The van der Waals surface area contributed by atoms with Crippen LogP contribution in [-0.4, -0.2) is 23.5 Å². The molecule has 1 aliphatic carbocycles. The molecule has 1 atom stereocenters. The van der Waals surface area contributed by atoms with Crippen LogP contribution < -0.4 is 5.73 Å². The van der Waals surface area contributed by atoms with E-state index in [4.69, 9.17) is 10.5 Å². The average Bonchev–Trinajstić information content (AvgIpc) is 3.18. The third-order valence-corrected chi connectivity index (χ3v) is 3.95. The number of rotatable bonds is 5. The molecule has 0 bridgehead atoms. The summed E-state index contributed by atoms with van der Waals surface area (Å²) in [4.78, 5) is 27.1. The van der Waals surface area contributed by atoms with E-state index in [-0.39, 0.29) is 0 Å². The van der Waals surface area contributed by atoms with Crippen molar-refractivity contribution in [1.29, 1.82) is 0 Å². The van der Waals surface area contributed by atoms with E-state index in [1.165, 1.54) is 0 Å². The first kappa shape index (κ1) is 13.7. The van der Waals surface area contributed by atoms with E-state index >= 15 is 0 Å². The van der Waals surface area contributed by atoms with Crippen molar-refractivity contribution in [3.63, 3.8) is 0 Å². The van der Waals surface area contributed by atoms with Gasteiger partial charge in [0.05, 0.1) is 6.61 Å². The molecule has 5 nitrogen and oxygen atoms in total. The van der Waals surface area contributed by atoms with E-state index in [2.05, 4.69) is 4.98 Å². The fourth-order valence-corrected chi connectivity index (χ4v) is 2.53. The minimum absolute atomic E-state index is 0.379. The van der Waals surface area contributed by atoms with Crippen molar-refractivity contribution in [2.24, 2.45) is 11.7 Å². The van der Waals surface area contributed by atoms with Crippen LogP contribution in [0.4, 0.5) is 0 Å². The molecule has 1 aromatic carbocycles. The van der Waals surface area contributed by atoms with Gasteiger partial charge >= 0.3 is 5.97 Å². The molecule has 1 saturated carbocycles. The quantitative estimate of drug-likeness (QED) is 0.651. The highest BCUT2D eigenvalue weighted by Crippen LogP contribution is 2.31. The molecular weight excluding hydrogens is 268 g/mol. The number of carbonyl (C=O) groups excluding carboxylic acids is 2. The van der Waals surface area contributed by atoms with Gasteiger partial charge in [0, 0.05) is 22.7 Å². The van der Waals surface area contributed by atoms with Crippen LogP contribution >= 0.6 is 0 Å². The summed E-state index contributed by atoms with van der Waals surface area (Å²) in [7, 11) is 0. The number of esters is 1. The Labute approximate surface area is 122 Å². The van der Waals surface area contributed by atoms with Crippen molar-refractivity contribution < 1.29 is 14.3 Å². The Morgan fingerprint density at radius 3 is 2.86 bits per heavy atom. The molecule has 1 fully saturated rings. The first-order valence-electron chi connectivity index (χ1n) is 7.10. The minimum atomic E-state index is -1.06. The third kappa shape index (κ3) is 2.63. The predicted octanol–water partition coefficient (Wildman–Crippen LogP) is 2.00. The molecule has 3 rings (SSSR count). The number of para-hydroxylation sites is 1. The maximum Gasteiger partial charge on any atom is 0.323 e. The van der Waals surface area contributed by atoms with Gasteiger partial charge in [0.25, 0.3) is 0 Å². The van der Waals surface area contributed by atoms with Gasteiger partial charge in [0.1, 0.15) is 0 Å². The van der Waals surface area contributed by atoms with Crippen molar-refractivity contribution in [3.8, 4) is 0 Å². The first-order valence-corrected chi connectivity index (χ1v) is 7.10. The van der Waals surface area contributed by atoms with Gasteiger partial charge in [-0.1, -0.05) is 18.2 Å². The molecule has 3 N–H and O–H groups in total. The van der Waals surface area contributed by atoms with Crippen molar-refractivity contribution >= 4 is 22.8 Å². The van der Waals surface area contributed by atoms with Gasteiger partial charge in [0.15, 0.2) is 5.92 Å². The molecule has 1 aliphatic rings. The molecule has 0 saturated heterocycles. The number of amides is 1. The number of carbonyl (C=O) groups is 2. The lowest BCUT2D eigenvalue weighted by Gasteiger charge is -2.12. The Morgan fingerprint density at radius 1 is 1.43 bits per heavy atom. The SMILES string of the molecule is Cc1cccc2c(C(C(N)=O)C(=O)OCC3CC3)c[nH]c12. The Hall–Kier alpha value is -2.30. The lowest BCUT2D eigenvalue weighted by atomic mass is 9.97. The molecule has 1 unspecified atom stereocenters. The number of nitrogens with two attached hydrogens (primary N) is 1. The highest BCUT2D eigenvalue weighted by Gasteiger charge is 2.32. The minimum Gasteiger partial charge on any atom is -0.465 e. The van der Waals surface area contributed by atoms with Crippen LogP contribution in [0.15, 0.2) is 24.4 Å². The zero-order valence-electron chi connectivity index (χ0n) is 11.9. The van der Waals surface area contributed by atoms with Crippen molar-refractivity contribution in [1.82, 2.24) is 4.98 Å². The summed E-state index contributed by atoms with van der Waals surface area (Å²) in [5.74, 6) is -1.85. The van der Waals surface area contributed by atoms with Gasteiger partial charge in [-0.2, -0.15) is 0 Å². The van der Waals surface area contributed by atoms with E-state index in [0.717, 1.165) is 29.3 Å². The molecule has 0 spiro atoms. The molecule has 1 aromatic heterocycles. The summed E-state index contributed by atoms with van der Waals surface area (Å²) < 4.78 is 5.24. The molecule has 110 valence electrons. The Bertz CT molecular complexity index is 701. The Balaban J connectivity index is 1.93. The number of benzene rings is 1. The highest BCUT2D eigenvalue weighted by molar-refractivity contribution is 6.06. The molecule has 0 aliphatic heterocycles. The normalized spacial score (nSPS) is 15.9. The fraction of sp³-hybridized carbons (Fsp3) is 0.375. The molecule has 1 amide bonds. The second kappa shape index (κ2) is 5.24. The number of aryl methyl sites for hydroxylation is 1. The van der Waals surface area contributed by atoms with E-state index in [9.17, 15) is 9.59 Å². The van der Waals surface area contributed by atoms with Crippen LogP contribution in [0, 0.1) is 12.8 Å².